The second kappa shape index (κ2) is 13.0. The molecule has 244 valence electrons. The zero-order valence-corrected chi connectivity index (χ0v) is 27.3. The van der Waals surface area contributed by atoms with Gasteiger partial charge in [-0.2, -0.15) is 0 Å². The minimum Gasteiger partial charge on any atom is -0.394 e. The topological polar surface area (TPSA) is 93.6 Å². The lowest BCUT2D eigenvalue weighted by Crippen LogP contribution is -2.58. The number of nitrogens with zero attached hydrogens (tertiary/aromatic N) is 4. The summed E-state index contributed by atoms with van der Waals surface area (Å²) in [5, 5.41) is 10.6. The number of hydrogen-bond acceptors (Lipinski definition) is 6. The molecule has 2 aromatic carbocycles. The largest absolute Gasteiger partial charge is 0.394 e. The van der Waals surface area contributed by atoms with Crippen molar-refractivity contribution in [3.8, 4) is 0 Å². The van der Waals surface area contributed by atoms with Crippen molar-refractivity contribution in [1.29, 1.82) is 0 Å². The van der Waals surface area contributed by atoms with Crippen LogP contribution in [0.4, 0.5) is 11.4 Å². The van der Waals surface area contributed by atoms with Crippen LogP contribution in [0.2, 0.25) is 0 Å². The Morgan fingerprint density at radius 3 is 2.30 bits per heavy atom. The van der Waals surface area contributed by atoms with Crippen LogP contribution in [0.1, 0.15) is 39.7 Å². The van der Waals surface area contributed by atoms with Crippen molar-refractivity contribution in [3.05, 3.63) is 84.5 Å². The van der Waals surface area contributed by atoms with Gasteiger partial charge in [-0.25, -0.2) is 0 Å². The van der Waals surface area contributed by atoms with Crippen molar-refractivity contribution >= 4 is 29.1 Å². The molecule has 6 atom stereocenters. The first-order valence-corrected chi connectivity index (χ1v) is 16.7. The van der Waals surface area contributed by atoms with Crippen LogP contribution in [0.25, 0.3) is 0 Å². The van der Waals surface area contributed by atoms with E-state index in [2.05, 4.69) is 18.7 Å². The maximum absolute atomic E-state index is 14.8. The monoisotopic (exact) mass is 626 g/mol. The van der Waals surface area contributed by atoms with Crippen LogP contribution in [-0.2, 0) is 25.7 Å². The molecule has 9 heteroatoms. The Bertz CT molecular complexity index is 1490. The lowest BCUT2D eigenvalue weighted by Gasteiger charge is -2.39. The summed E-state index contributed by atoms with van der Waals surface area (Å²) in [7, 11) is 0. The molecule has 9 nitrogen and oxygen atoms in total. The molecule has 1 spiro atoms. The predicted molar refractivity (Wildman–Crippen MR) is 178 cm³/mol. The Labute approximate surface area is 272 Å². The van der Waals surface area contributed by atoms with Gasteiger partial charge in [-0.1, -0.05) is 68.5 Å². The summed E-state index contributed by atoms with van der Waals surface area (Å²) in [5.41, 5.74) is 1.44. The molecule has 4 aliphatic heterocycles. The molecule has 0 radical (unpaired) electrons. The normalized spacial score (nSPS) is 27.9. The molecule has 0 saturated carbocycles. The van der Waals surface area contributed by atoms with Crippen molar-refractivity contribution in [1.82, 2.24) is 9.80 Å². The van der Waals surface area contributed by atoms with E-state index in [0.717, 1.165) is 30.0 Å². The van der Waals surface area contributed by atoms with Crippen molar-refractivity contribution in [2.24, 2.45) is 17.8 Å². The zero-order chi connectivity index (χ0) is 32.6. The van der Waals surface area contributed by atoms with Crippen molar-refractivity contribution in [2.45, 2.75) is 64.4 Å². The first-order chi connectivity index (χ1) is 22.2. The van der Waals surface area contributed by atoms with Crippen LogP contribution in [0.5, 0.6) is 0 Å². The predicted octanol–water partition coefficient (Wildman–Crippen LogP) is 4.02. The van der Waals surface area contributed by atoms with E-state index in [1.165, 1.54) is 0 Å². The number of aliphatic hydroxyl groups is 1. The number of anilines is 2. The van der Waals surface area contributed by atoms with E-state index in [0.29, 0.717) is 26.1 Å². The lowest BCUT2D eigenvalue weighted by atomic mass is 9.77. The fourth-order valence-corrected chi connectivity index (χ4v) is 7.95. The molecule has 0 bridgehead atoms. The van der Waals surface area contributed by atoms with Crippen LogP contribution in [0.3, 0.4) is 0 Å². The summed E-state index contributed by atoms with van der Waals surface area (Å²) >= 11 is 0. The highest BCUT2D eigenvalue weighted by molar-refractivity contribution is 6.06. The van der Waals surface area contributed by atoms with Gasteiger partial charge in [0, 0.05) is 44.1 Å². The first kappa shape index (κ1) is 32.0. The van der Waals surface area contributed by atoms with Gasteiger partial charge in [-0.15, -0.1) is 0 Å². The lowest BCUT2D eigenvalue weighted by molar-refractivity contribution is -0.147. The van der Waals surface area contributed by atoms with Crippen LogP contribution >= 0.6 is 0 Å². The third kappa shape index (κ3) is 5.43. The molecule has 2 fully saturated rings. The highest BCUT2D eigenvalue weighted by atomic mass is 16.5. The fourth-order valence-electron chi connectivity index (χ4n) is 7.95. The third-order valence-corrected chi connectivity index (χ3v) is 10.0. The van der Waals surface area contributed by atoms with E-state index in [-0.39, 0.29) is 30.2 Å². The van der Waals surface area contributed by atoms with Gasteiger partial charge < -0.3 is 29.4 Å². The van der Waals surface area contributed by atoms with Gasteiger partial charge in [0.2, 0.25) is 11.8 Å². The van der Waals surface area contributed by atoms with Crippen LogP contribution in [0, 0.1) is 17.8 Å². The molecule has 0 aromatic heterocycles. The number of aliphatic hydroxyl groups excluding tert-OH is 1. The molecule has 3 amide bonds. The minimum atomic E-state index is -1.35. The summed E-state index contributed by atoms with van der Waals surface area (Å²) < 4.78 is 6.83. The maximum atomic E-state index is 14.8. The zero-order valence-electron chi connectivity index (χ0n) is 27.3. The Morgan fingerprint density at radius 2 is 1.65 bits per heavy atom. The Morgan fingerprint density at radius 1 is 0.935 bits per heavy atom. The molecule has 4 aliphatic rings. The maximum Gasteiger partial charge on any atom is 0.253 e. The van der Waals surface area contributed by atoms with Gasteiger partial charge in [-0.05, 0) is 56.0 Å². The van der Waals surface area contributed by atoms with Crippen LogP contribution in [0.15, 0.2) is 78.9 Å². The van der Waals surface area contributed by atoms with E-state index >= 15 is 0 Å². The Hall–Kier alpha value is -3.95. The van der Waals surface area contributed by atoms with E-state index in [9.17, 15) is 19.5 Å². The summed E-state index contributed by atoms with van der Waals surface area (Å²) in [6.45, 7) is 10.9. The van der Waals surface area contributed by atoms with Crippen LogP contribution in [-0.4, -0.2) is 89.2 Å². The molecule has 4 heterocycles. The average Bonchev–Trinajstić information content (AvgIpc) is 3.38. The first-order valence-electron chi connectivity index (χ1n) is 16.7. The van der Waals surface area contributed by atoms with Gasteiger partial charge in [0.05, 0.1) is 30.6 Å². The van der Waals surface area contributed by atoms with Gasteiger partial charge in [0.15, 0.2) is 0 Å². The summed E-state index contributed by atoms with van der Waals surface area (Å²) in [6, 6.07) is 16.1. The highest BCUT2D eigenvalue weighted by Gasteiger charge is 2.72. The summed E-state index contributed by atoms with van der Waals surface area (Å²) in [5.74, 6) is -2.27. The Balaban J connectivity index is 1.40. The number of hydrogen-bond donors (Lipinski definition) is 1. The number of likely N-dealkylation sites (tertiary alicyclic amines) is 1. The number of benzene rings is 2. The van der Waals surface area contributed by atoms with E-state index in [4.69, 9.17) is 4.74 Å². The van der Waals surface area contributed by atoms with Gasteiger partial charge in [0.1, 0.15) is 11.6 Å². The molecule has 2 aromatic rings. The molecule has 0 aliphatic carbocycles. The third-order valence-electron chi connectivity index (χ3n) is 10.0. The number of fused-ring (bicyclic) bond motifs is 2. The second-order valence-corrected chi connectivity index (χ2v) is 13.2. The highest BCUT2D eigenvalue weighted by Crippen LogP contribution is 2.54. The van der Waals surface area contributed by atoms with E-state index in [1.54, 1.807) is 14.7 Å². The molecule has 2 saturated heterocycles. The number of rotatable bonds is 10. The molecule has 6 rings (SSSR count). The van der Waals surface area contributed by atoms with E-state index < -0.39 is 35.6 Å². The van der Waals surface area contributed by atoms with Crippen molar-refractivity contribution in [3.63, 3.8) is 0 Å². The smallest absolute Gasteiger partial charge is 0.253 e. The average molecular weight is 627 g/mol. The minimum absolute atomic E-state index is 0.159. The second-order valence-electron chi connectivity index (χ2n) is 13.2. The SMILES string of the molecule is CCN(CC)c1ccc(N2CC=C[C@]34O[C@@H]5C=CCN(Cc6ccccc6)C(=O)[C@@H]5[C@H]3C(=O)N([C@@H](CO)CC(C)C)C4C2=O)cc1. The number of carbonyl (C=O) groups excluding carboxylic acids is 3. The van der Waals surface area contributed by atoms with Crippen molar-refractivity contribution in [2.75, 3.05) is 42.6 Å². The number of ether oxygens (including phenoxy) is 1. The summed E-state index contributed by atoms with van der Waals surface area (Å²) in [6.07, 6.45) is 7.45. The molecule has 1 unspecified atom stereocenters. The van der Waals surface area contributed by atoms with Crippen LogP contribution < -0.4 is 9.80 Å². The number of carbonyl (C=O) groups is 3. The molecular weight excluding hydrogens is 580 g/mol. The molecule has 46 heavy (non-hydrogen) atoms. The van der Waals surface area contributed by atoms with Gasteiger partial charge in [0.25, 0.3) is 5.91 Å². The molecule has 1 N–H and O–H groups in total. The fraction of sp³-hybridized carbons (Fsp3) is 0.486. The van der Waals surface area contributed by atoms with E-state index in [1.807, 2.05) is 92.7 Å². The Kier molecular flexibility index (Phi) is 9.08. The summed E-state index contributed by atoms with van der Waals surface area (Å²) in [4.78, 5) is 51.2. The van der Waals surface area contributed by atoms with Gasteiger partial charge >= 0.3 is 0 Å². The molecular formula is C37H46N4O5. The van der Waals surface area contributed by atoms with Gasteiger partial charge in [-0.3, -0.25) is 14.4 Å². The standard InChI is InChI=1S/C37H46N4O5/c1-5-38(6-2)27-15-17-28(18-16-27)40-21-11-19-37-32(35(44)41(33(37)36(40)45)29(24-42)22-25(3)4)31-30(46-37)14-10-20-39(34(31)43)23-26-12-8-7-9-13-26/h7-19,25,29-33,42H,5-6,20-24H2,1-4H3/t29-,30-,31+,32+,33?,37+/m1/s1. The quantitative estimate of drug-likeness (QED) is 0.401. The number of amides is 3. The van der Waals surface area contributed by atoms with Crippen molar-refractivity contribution < 1.29 is 24.2 Å².